The molecule has 8 heteroatoms. The van der Waals surface area contributed by atoms with Crippen LogP contribution >= 0.6 is 11.6 Å². The number of anilines is 1. The Morgan fingerprint density at radius 3 is 2.39 bits per heavy atom. The van der Waals surface area contributed by atoms with Gasteiger partial charge in [-0.1, -0.05) is 23.7 Å². The molecule has 0 saturated heterocycles. The molecule has 0 aliphatic rings. The number of nitrogens with two attached hydrogens (primary N) is 1. The first-order chi connectivity index (χ1) is 10.8. The number of rotatable bonds is 5. The number of hydrogen-bond donors (Lipinski definition) is 2. The largest absolute Gasteiger partial charge is 0.497 e. The summed E-state index contributed by atoms with van der Waals surface area (Å²) in [4.78, 5) is 11.9. The zero-order chi connectivity index (χ0) is 17.0. The highest BCUT2D eigenvalue weighted by atomic mass is 35.5. The summed E-state index contributed by atoms with van der Waals surface area (Å²) < 4.78 is 27.5. The average Bonchev–Trinajstić information content (AvgIpc) is 2.49. The number of methoxy groups -OCH3 is 1. The van der Waals surface area contributed by atoms with E-state index in [4.69, 9.17) is 21.5 Å². The number of sulfonamides is 1. The van der Waals surface area contributed by atoms with Crippen LogP contribution in [0.25, 0.3) is 0 Å². The van der Waals surface area contributed by atoms with Crippen molar-refractivity contribution in [1.29, 1.82) is 0 Å². The molecule has 2 rings (SSSR count). The van der Waals surface area contributed by atoms with Crippen LogP contribution in [0.5, 0.6) is 5.75 Å². The maximum absolute atomic E-state index is 12.0. The van der Waals surface area contributed by atoms with Gasteiger partial charge in [0.1, 0.15) is 5.75 Å². The lowest BCUT2D eigenvalue weighted by Gasteiger charge is -2.09. The molecule has 0 aliphatic heterocycles. The van der Waals surface area contributed by atoms with Crippen molar-refractivity contribution in [2.24, 2.45) is 5.14 Å². The molecular formula is C15H15ClN2O4S. The summed E-state index contributed by atoms with van der Waals surface area (Å²) in [6.07, 6.45) is 0.150. The molecule has 122 valence electrons. The van der Waals surface area contributed by atoms with E-state index in [1.165, 1.54) is 18.2 Å². The van der Waals surface area contributed by atoms with Gasteiger partial charge in [-0.2, -0.15) is 0 Å². The van der Waals surface area contributed by atoms with Crippen LogP contribution < -0.4 is 15.2 Å². The van der Waals surface area contributed by atoms with Crippen molar-refractivity contribution in [2.75, 3.05) is 12.4 Å². The second kappa shape index (κ2) is 6.99. The predicted octanol–water partition coefficient (Wildman–Crippen LogP) is 2.18. The molecule has 2 aromatic rings. The zero-order valence-corrected chi connectivity index (χ0v) is 13.8. The van der Waals surface area contributed by atoms with Crippen LogP contribution in [0.3, 0.4) is 0 Å². The molecule has 0 aliphatic carbocycles. The number of carbonyl (C=O) groups is 1. The molecule has 0 fully saturated rings. The van der Waals surface area contributed by atoms with E-state index in [1.807, 2.05) is 0 Å². The van der Waals surface area contributed by atoms with Gasteiger partial charge in [0.2, 0.25) is 15.9 Å². The molecular weight excluding hydrogens is 340 g/mol. The Kier molecular flexibility index (Phi) is 5.25. The molecule has 6 nitrogen and oxygen atoms in total. The van der Waals surface area contributed by atoms with Crippen LogP contribution in [0.4, 0.5) is 5.69 Å². The lowest BCUT2D eigenvalue weighted by molar-refractivity contribution is -0.115. The van der Waals surface area contributed by atoms with Crippen molar-refractivity contribution < 1.29 is 17.9 Å². The summed E-state index contributed by atoms with van der Waals surface area (Å²) in [5, 5.41) is 7.74. The molecule has 1 amide bonds. The van der Waals surface area contributed by atoms with Gasteiger partial charge in [-0.15, -0.1) is 0 Å². The summed E-state index contributed by atoms with van der Waals surface area (Å²) >= 11 is 5.97. The number of carbonyl (C=O) groups excluding carboxylic acids is 1. The number of benzene rings is 2. The number of halogens is 1. The van der Waals surface area contributed by atoms with E-state index in [9.17, 15) is 13.2 Å². The molecule has 0 heterocycles. The molecule has 0 atom stereocenters. The van der Waals surface area contributed by atoms with Crippen LogP contribution in [-0.4, -0.2) is 21.4 Å². The Labute approximate surface area is 139 Å². The van der Waals surface area contributed by atoms with Crippen LogP contribution in [0.1, 0.15) is 5.56 Å². The van der Waals surface area contributed by atoms with E-state index in [2.05, 4.69) is 5.32 Å². The number of hydrogen-bond acceptors (Lipinski definition) is 4. The maximum Gasteiger partial charge on any atom is 0.238 e. The second-order valence-electron chi connectivity index (χ2n) is 4.76. The van der Waals surface area contributed by atoms with Crippen molar-refractivity contribution in [2.45, 2.75) is 11.3 Å². The number of primary sulfonamides is 1. The minimum atomic E-state index is -3.83. The number of nitrogens with one attached hydrogen (secondary N) is 1. The third-order valence-corrected chi connectivity index (χ3v) is 4.29. The smallest absolute Gasteiger partial charge is 0.238 e. The van der Waals surface area contributed by atoms with Crippen molar-refractivity contribution >= 4 is 33.2 Å². The molecule has 0 unspecified atom stereocenters. The van der Waals surface area contributed by atoms with Crippen molar-refractivity contribution in [3.05, 3.63) is 53.1 Å². The third-order valence-electron chi connectivity index (χ3n) is 3.07. The number of ether oxygens (including phenoxy) is 1. The van der Waals surface area contributed by atoms with Crippen molar-refractivity contribution in [3.63, 3.8) is 0 Å². The molecule has 3 N–H and O–H groups in total. The van der Waals surface area contributed by atoms with Gasteiger partial charge in [-0.25, -0.2) is 13.6 Å². The van der Waals surface area contributed by atoms with E-state index in [0.717, 1.165) is 5.56 Å². The average molecular weight is 355 g/mol. The van der Waals surface area contributed by atoms with Gasteiger partial charge in [-0.05, 0) is 35.9 Å². The summed E-state index contributed by atoms with van der Waals surface area (Å²) in [7, 11) is -2.27. The molecule has 0 aromatic heterocycles. The normalized spacial score (nSPS) is 11.1. The lowest BCUT2D eigenvalue weighted by atomic mass is 10.1. The Balaban J connectivity index is 2.07. The van der Waals surface area contributed by atoms with Crippen LogP contribution in [0, 0.1) is 0 Å². The minimum Gasteiger partial charge on any atom is -0.497 e. The molecule has 0 bridgehead atoms. The fourth-order valence-electron chi connectivity index (χ4n) is 1.90. The topological polar surface area (TPSA) is 98.5 Å². The van der Waals surface area contributed by atoms with Gasteiger partial charge < -0.3 is 10.1 Å². The summed E-state index contributed by atoms with van der Waals surface area (Å²) in [6, 6.07) is 11.0. The van der Waals surface area contributed by atoms with Gasteiger partial charge in [0.15, 0.2) is 0 Å². The highest BCUT2D eigenvalue weighted by Crippen LogP contribution is 2.25. The first-order valence-corrected chi connectivity index (χ1v) is 8.47. The molecule has 2 aromatic carbocycles. The second-order valence-corrected chi connectivity index (χ2v) is 6.73. The SMILES string of the molecule is COc1ccc(CC(=O)Nc2ccc(S(N)(=O)=O)cc2Cl)cc1. The third kappa shape index (κ3) is 4.69. The quantitative estimate of drug-likeness (QED) is 0.859. The minimum absolute atomic E-state index is 0.0969. The summed E-state index contributed by atoms with van der Waals surface area (Å²) in [5.41, 5.74) is 1.12. The van der Waals surface area contributed by atoms with Crippen LogP contribution in [0.2, 0.25) is 5.02 Å². The van der Waals surface area contributed by atoms with E-state index >= 15 is 0 Å². The fourth-order valence-corrected chi connectivity index (χ4v) is 2.73. The Hall–Kier alpha value is -2.09. The monoisotopic (exact) mass is 354 g/mol. The highest BCUT2D eigenvalue weighted by Gasteiger charge is 2.12. The number of amides is 1. The molecule has 0 spiro atoms. The van der Waals surface area contributed by atoms with Gasteiger partial charge in [-0.3, -0.25) is 4.79 Å². The van der Waals surface area contributed by atoms with E-state index in [1.54, 1.807) is 31.4 Å². The molecule has 0 radical (unpaired) electrons. The van der Waals surface area contributed by atoms with Crippen LogP contribution in [0.15, 0.2) is 47.4 Å². The summed E-state index contributed by atoms with van der Waals surface area (Å²) in [5.74, 6) is 0.427. The standard InChI is InChI=1S/C15H15ClN2O4S/c1-22-11-4-2-10(3-5-11)8-15(19)18-14-7-6-12(9-13(14)16)23(17,20)21/h2-7,9H,8H2,1H3,(H,18,19)(H2,17,20,21). The van der Waals surface area contributed by atoms with Gasteiger partial charge in [0, 0.05) is 0 Å². The maximum atomic E-state index is 12.0. The van der Waals surface area contributed by atoms with E-state index in [0.29, 0.717) is 11.4 Å². The Morgan fingerprint density at radius 2 is 1.87 bits per heavy atom. The molecule has 23 heavy (non-hydrogen) atoms. The van der Waals surface area contributed by atoms with E-state index < -0.39 is 10.0 Å². The predicted molar refractivity (Wildman–Crippen MR) is 88.2 cm³/mol. The lowest BCUT2D eigenvalue weighted by Crippen LogP contribution is -2.15. The van der Waals surface area contributed by atoms with Crippen molar-refractivity contribution in [3.8, 4) is 5.75 Å². The first kappa shape index (κ1) is 17.3. The highest BCUT2D eigenvalue weighted by molar-refractivity contribution is 7.89. The summed E-state index contributed by atoms with van der Waals surface area (Å²) in [6.45, 7) is 0. The van der Waals surface area contributed by atoms with Gasteiger partial charge in [0.05, 0.1) is 29.1 Å². The zero-order valence-electron chi connectivity index (χ0n) is 12.2. The van der Waals surface area contributed by atoms with Crippen LogP contribution in [-0.2, 0) is 21.2 Å². The van der Waals surface area contributed by atoms with Gasteiger partial charge >= 0.3 is 0 Å². The Bertz CT molecular complexity index is 820. The van der Waals surface area contributed by atoms with Crippen molar-refractivity contribution in [1.82, 2.24) is 0 Å². The molecule has 0 saturated carbocycles. The van der Waals surface area contributed by atoms with E-state index in [-0.39, 0.29) is 22.2 Å². The fraction of sp³-hybridized carbons (Fsp3) is 0.133. The first-order valence-electron chi connectivity index (χ1n) is 6.55. The Morgan fingerprint density at radius 1 is 1.22 bits per heavy atom. The van der Waals surface area contributed by atoms with Gasteiger partial charge in [0.25, 0.3) is 0 Å².